The molecular formula is C18H27F3N4O3. The predicted molar refractivity (Wildman–Crippen MR) is 98.8 cm³/mol. The van der Waals surface area contributed by atoms with E-state index in [1.807, 2.05) is 11.8 Å². The Morgan fingerprint density at radius 1 is 1.36 bits per heavy atom. The Bertz CT molecular complexity index is 790. The molecule has 158 valence electrons. The van der Waals surface area contributed by atoms with E-state index < -0.39 is 22.9 Å². The molecule has 0 bridgehead atoms. The van der Waals surface area contributed by atoms with Gasteiger partial charge in [-0.1, -0.05) is 0 Å². The Hall–Kier alpha value is -1.81. The van der Waals surface area contributed by atoms with Crippen LogP contribution in [0.25, 0.3) is 0 Å². The van der Waals surface area contributed by atoms with E-state index in [2.05, 4.69) is 4.98 Å². The van der Waals surface area contributed by atoms with Crippen LogP contribution in [0.5, 0.6) is 0 Å². The van der Waals surface area contributed by atoms with Gasteiger partial charge >= 0.3 is 6.18 Å². The van der Waals surface area contributed by atoms with Crippen molar-refractivity contribution in [3.05, 3.63) is 16.4 Å². The Morgan fingerprint density at radius 2 is 2.04 bits per heavy atom. The zero-order chi connectivity index (χ0) is 20.9. The molecule has 0 saturated carbocycles. The second kappa shape index (κ2) is 6.91. The van der Waals surface area contributed by atoms with Crippen molar-refractivity contribution in [1.82, 2.24) is 9.55 Å². The summed E-state index contributed by atoms with van der Waals surface area (Å²) in [6.45, 7) is 6.90. The highest BCUT2D eigenvalue weighted by Gasteiger charge is 2.58. The standard InChI is InChI=1S/C18H27F3N4O3/c1-12-10-28-8-7-23(12)13-9-14(26)24-6-5-17(4,18(19,20)21)25(15(24)22-13)11-16(2,3)27/h9,12,27H,5-8,10-11H2,1-4H3. The molecule has 1 fully saturated rings. The van der Waals surface area contributed by atoms with E-state index in [0.29, 0.717) is 25.6 Å². The molecule has 0 radical (unpaired) electrons. The molecule has 0 aliphatic carbocycles. The Morgan fingerprint density at radius 3 is 2.61 bits per heavy atom. The van der Waals surface area contributed by atoms with Crippen LogP contribution < -0.4 is 15.4 Å². The number of ether oxygens (including phenoxy) is 1. The first-order valence-electron chi connectivity index (χ1n) is 9.36. The van der Waals surface area contributed by atoms with Crippen LogP contribution in [0.4, 0.5) is 24.9 Å². The second-order valence-electron chi connectivity index (χ2n) is 8.44. The average molecular weight is 404 g/mol. The van der Waals surface area contributed by atoms with E-state index in [0.717, 1.165) is 11.8 Å². The van der Waals surface area contributed by atoms with Crippen molar-refractivity contribution in [2.45, 2.75) is 64.0 Å². The van der Waals surface area contributed by atoms with Crippen LogP contribution >= 0.6 is 0 Å². The topological polar surface area (TPSA) is 70.8 Å². The number of nitrogens with zero attached hydrogens (tertiary/aromatic N) is 4. The van der Waals surface area contributed by atoms with Crippen LogP contribution in [0, 0.1) is 0 Å². The molecule has 3 heterocycles. The monoisotopic (exact) mass is 404 g/mol. The number of β-amino-alcohol motifs (C(OH)–C–C–N with tert-alkyl or cyclic N) is 1. The van der Waals surface area contributed by atoms with Crippen molar-refractivity contribution in [3.63, 3.8) is 0 Å². The van der Waals surface area contributed by atoms with Gasteiger partial charge in [-0.2, -0.15) is 18.2 Å². The third-order valence-electron chi connectivity index (χ3n) is 5.45. The third-order valence-corrected chi connectivity index (χ3v) is 5.45. The molecule has 3 rings (SSSR count). The van der Waals surface area contributed by atoms with Gasteiger partial charge in [-0.3, -0.25) is 9.36 Å². The van der Waals surface area contributed by atoms with Crippen LogP contribution in [0.3, 0.4) is 0 Å². The third kappa shape index (κ3) is 3.71. The van der Waals surface area contributed by atoms with Gasteiger partial charge in [0.15, 0.2) is 0 Å². The number of halogens is 3. The number of hydrogen-bond donors (Lipinski definition) is 1. The zero-order valence-corrected chi connectivity index (χ0v) is 16.6. The Balaban J connectivity index is 2.14. The van der Waals surface area contributed by atoms with Gasteiger partial charge in [-0.05, 0) is 34.1 Å². The summed E-state index contributed by atoms with van der Waals surface area (Å²) < 4.78 is 48.6. The molecular weight excluding hydrogens is 377 g/mol. The molecule has 2 aliphatic heterocycles. The summed E-state index contributed by atoms with van der Waals surface area (Å²) >= 11 is 0. The molecule has 10 heteroatoms. The van der Waals surface area contributed by atoms with Crippen LogP contribution in [-0.2, 0) is 11.3 Å². The summed E-state index contributed by atoms with van der Waals surface area (Å²) in [5.41, 5.74) is -4.04. The maximum atomic E-state index is 14.0. The van der Waals surface area contributed by atoms with Gasteiger partial charge in [0.1, 0.15) is 11.4 Å². The first-order chi connectivity index (χ1) is 12.8. The largest absolute Gasteiger partial charge is 0.411 e. The van der Waals surface area contributed by atoms with Crippen molar-refractivity contribution in [1.29, 1.82) is 0 Å². The normalized spacial score (nSPS) is 26.4. The Labute approximate surface area is 161 Å². The number of morpholine rings is 1. The van der Waals surface area contributed by atoms with Crippen LogP contribution in [-0.4, -0.2) is 64.3 Å². The molecule has 2 aliphatic rings. The molecule has 1 N–H and O–H groups in total. The molecule has 0 amide bonds. The smallest absolute Gasteiger partial charge is 0.389 e. The lowest BCUT2D eigenvalue weighted by molar-refractivity contribution is -0.188. The first-order valence-corrected chi connectivity index (χ1v) is 9.36. The van der Waals surface area contributed by atoms with Crippen LogP contribution in [0.2, 0.25) is 0 Å². The summed E-state index contributed by atoms with van der Waals surface area (Å²) in [5, 5.41) is 10.3. The average Bonchev–Trinajstić information content (AvgIpc) is 2.56. The van der Waals surface area contributed by atoms with Gasteiger partial charge in [-0.25, -0.2) is 0 Å². The molecule has 28 heavy (non-hydrogen) atoms. The Kier molecular flexibility index (Phi) is 5.16. The minimum Gasteiger partial charge on any atom is -0.389 e. The van der Waals surface area contributed by atoms with Gasteiger partial charge in [0.25, 0.3) is 5.56 Å². The molecule has 0 aromatic carbocycles. The lowest BCUT2D eigenvalue weighted by atomic mass is 9.91. The highest BCUT2D eigenvalue weighted by molar-refractivity contribution is 5.49. The molecule has 1 aromatic heterocycles. The summed E-state index contributed by atoms with van der Waals surface area (Å²) in [6, 6.07) is 1.31. The lowest BCUT2D eigenvalue weighted by Gasteiger charge is -2.49. The summed E-state index contributed by atoms with van der Waals surface area (Å²) in [7, 11) is 0. The first kappa shape index (κ1) is 20.9. The summed E-state index contributed by atoms with van der Waals surface area (Å²) in [5.74, 6) is 0.272. The van der Waals surface area contributed by atoms with E-state index >= 15 is 0 Å². The maximum absolute atomic E-state index is 14.0. The minimum absolute atomic E-state index is 0.0518. The lowest BCUT2D eigenvalue weighted by Crippen LogP contribution is -2.64. The van der Waals surface area contributed by atoms with Gasteiger partial charge in [0.2, 0.25) is 5.95 Å². The van der Waals surface area contributed by atoms with Gasteiger partial charge in [0, 0.05) is 25.7 Å². The predicted octanol–water partition coefficient (Wildman–Crippen LogP) is 1.77. The molecule has 2 atom stereocenters. The number of rotatable bonds is 3. The molecule has 2 unspecified atom stereocenters. The number of hydrogen-bond acceptors (Lipinski definition) is 6. The fourth-order valence-electron chi connectivity index (χ4n) is 3.72. The minimum atomic E-state index is -4.55. The van der Waals surface area contributed by atoms with Crippen molar-refractivity contribution < 1.29 is 23.0 Å². The highest BCUT2D eigenvalue weighted by Crippen LogP contribution is 2.43. The zero-order valence-electron chi connectivity index (χ0n) is 16.6. The molecule has 1 aromatic rings. The highest BCUT2D eigenvalue weighted by atomic mass is 19.4. The second-order valence-corrected chi connectivity index (χ2v) is 8.44. The van der Waals surface area contributed by atoms with Crippen LogP contribution in [0.15, 0.2) is 10.9 Å². The fourth-order valence-corrected chi connectivity index (χ4v) is 3.72. The SMILES string of the molecule is CC1COCCN1c1cc(=O)n2c(n1)N(CC(C)(C)O)C(C)(C(F)(F)F)CC2. The van der Waals surface area contributed by atoms with Crippen LogP contribution in [0.1, 0.15) is 34.1 Å². The summed E-state index contributed by atoms with van der Waals surface area (Å²) in [6.07, 6.45) is -4.85. The quantitative estimate of drug-likeness (QED) is 0.828. The number of aromatic nitrogens is 2. The van der Waals surface area contributed by atoms with Crippen molar-refractivity contribution >= 4 is 11.8 Å². The number of alkyl halides is 3. The van der Waals surface area contributed by atoms with E-state index in [9.17, 15) is 23.1 Å². The fraction of sp³-hybridized carbons (Fsp3) is 0.778. The van der Waals surface area contributed by atoms with Gasteiger partial charge in [0.05, 0.1) is 24.9 Å². The van der Waals surface area contributed by atoms with Crippen molar-refractivity contribution in [2.24, 2.45) is 0 Å². The van der Waals surface area contributed by atoms with E-state index in [-0.39, 0.29) is 31.5 Å². The van der Waals surface area contributed by atoms with Crippen molar-refractivity contribution in [2.75, 3.05) is 36.1 Å². The number of aliphatic hydroxyl groups is 1. The van der Waals surface area contributed by atoms with Gasteiger partial charge in [-0.15, -0.1) is 0 Å². The van der Waals surface area contributed by atoms with Gasteiger partial charge < -0.3 is 19.6 Å². The van der Waals surface area contributed by atoms with E-state index in [1.165, 1.54) is 24.5 Å². The van der Waals surface area contributed by atoms with E-state index in [4.69, 9.17) is 4.74 Å². The maximum Gasteiger partial charge on any atom is 0.411 e. The number of fused-ring (bicyclic) bond motifs is 1. The van der Waals surface area contributed by atoms with E-state index in [1.54, 1.807) is 0 Å². The number of anilines is 2. The molecule has 0 spiro atoms. The summed E-state index contributed by atoms with van der Waals surface area (Å²) in [4.78, 5) is 20.1. The molecule has 1 saturated heterocycles. The molecule has 7 nitrogen and oxygen atoms in total. The van der Waals surface area contributed by atoms with Crippen molar-refractivity contribution in [3.8, 4) is 0 Å².